The molecule has 2 rings (SSSR count). The van der Waals surface area contributed by atoms with Crippen molar-refractivity contribution in [2.45, 2.75) is 25.7 Å². The third-order valence-corrected chi connectivity index (χ3v) is 3.70. The maximum atomic E-state index is 13.4. The van der Waals surface area contributed by atoms with Gasteiger partial charge in [-0.15, -0.1) is 12.4 Å². The maximum absolute atomic E-state index is 13.4. The number of halogens is 3. The van der Waals surface area contributed by atoms with Crippen molar-refractivity contribution in [2.24, 2.45) is 5.92 Å². The van der Waals surface area contributed by atoms with Gasteiger partial charge in [0.25, 0.3) is 0 Å². The molecule has 2 N–H and O–H groups in total. The first kappa shape index (κ1) is 17.9. The van der Waals surface area contributed by atoms with Gasteiger partial charge in [0.2, 0.25) is 5.91 Å². The maximum Gasteiger partial charge on any atom is 0.220 e. The predicted octanol–water partition coefficient (Wildman–Crippen LogP) is 2.44. The molecule has 6 heteroatoms. The van der Waals surface area contributed by atoms with E-state index in [9.17, 15) is 13.6 Å². The van der Waals surface area contributed by atoms with Crippen LogP contribution in [-0.2, 0) is 11.2 Å². The molecule has 0 aliphatic carbocycles. The highest BCUT2D eigenvalue weighted by molar-refractivity contribution is 5.85. The zero-order valence-corrected chi connectivity index (χ0v) is 12.6. The standard InChI is InChI=1S/C15H20F2N2O.ClH/c16-13-2-1-3-14(17)12(13)7-9-19-15(20)5-4-11-6-8-18-10-11;/h1-3,11,18H,4-10H2,(H,19,20);1H. The van der Waals surface area contributed by atoms with E-state index in [1.165, 1.54) is 18.2 Å². The molecule has 1 atom stereocenters. The van der Waals surface area contributed by atoms with E-state index < -0.39 is 11.6 Å². The number of rotatable bonds is 6. The van der Waals surface area contributed by atoms with Crippen molar-refractivity contribution >= 4 is 18.3 Å². The molecule has 0 radical (unpaired) electrons. The molecule has 118 valence electrons. The normalized spacial score (nSPS) is 17.3. The van der Waals surface area contributed by atoms with Crippen molar-refractivity contribution in [3.8, 4) is 0 Å². The molecule has 1 amide bonds. The fraction of sp³-hybridized carbons (Fsp3) is 0.533. The van der Waals surface area contributed by atoms with E-state index in [-0.39, 0.29) is 36.8 Å². The van der Waals surface area contributed by atoms with Crippen LogP contribution >= 0.6 is 12.4 Å². The van der Waals surface area contributed by atoms with Gasteiger partial charge in [0.15, 0.2) is 0 Å². The number of carbonyl (C=O) groups excluding carboxylic acids is 1. The summed E-state index contributed by atoms with van der Waals surface area (Å²) in [6, 6.07) is 3.79. The molecule has 0 saturated carbocycles. The zero-order chi connectivity index (χ0) is 14.4. The average Bonchev–Trinajstić information content (AvgIpc) is 2.93. The van der Waals surface area contributed by atoms with Crippen LogP contribution in [0, 0.1) is 17.6 Å². The number of hydrogen-bond acceptors (Lipinski definition) is 2. The number of nitrogens with one attached hydrogen (secondary N) is 2. The van der Waals surface area contributed by atoms with Crippen LogP contribution in [0.4, 0.5) is 8.78 Å². The monoisotopic (exact) mass is 318 g/mol. The van der Waals surface area contributed by atoms with Gasteiger partial charge in [-0.1, -0.05) is 6.07 Å². The summed E-state index contributed by atoms with van der Waals surface area (Å²) >= 11 is 0. The lowest BCUT2D eigenvalue weighted by molar-refractivity contribution is -0.121. The summed E-state index contributed by atoms with van der Waals surface area (Å²) in [5.74, 6) is -0.592. The molecule has 1 aromatic carbocycles. The fourth-order valence-electron chi connectivity index (χ4n) is 2.48. The fourth-order valence-corrected chi connectivity index (χ4v) is 2.48. The van der Waals surface area contributed by atoms with E-state index in [2.05, 4.69) is 10.6 Å². The molecular formula is C15H21ClF2N2O. The van der Waals surface area contributed by atoms with Gasteiger partial charge in [0, 0.05) is 18.5 Å². The highest BCUT2D eigenvalue weighted by Gasteiger charge is 2.15. The second-order valence-corrected chi connectivity index (χ2v) is 5.20. The van der Waals surface area contributed by atoms with E-state index in [1.807, 2.05) is 0 Å². The summed E-state index contributed by atoms with van der Waals surface area (Å²) in [7, 11) is 0. The first-order chi connectivity index (χ1) is 9.66. The Kier molecular flexibility index (Phi) is 7.61. The van der Waals surface area contributed by atoms with Gasteiger partial charge in [-0.3, -0.25) is 4.79 Å². The minimum absolute atomic E-state index is 0. The molecule has 0 bridgehead atoms. The van der Waals surface area contributed by atoms with Gasteiger partial charge in [0.05, 0.1) is 0 Å². The number of amides is 1. The first-order valence-corrected chi connectivity index (χ1v) is 7.07. The van der Waals surface area contributed by atoms with Crippen molar-refractivity contribution in [3.63, 3.8) is 0 Å². The van der Waals surface area contributed by atoms with E-state index in [0.717, 1.165) is 25.9 Å². The summed E-state index contributed by atoms with van der Waals surface area (Å²) < 4.78 is 26.7. The Balaban J connectivity index is 0.00000220. The number of carbonyl (C=O) groups is 1. The van der Waals surface area contributed by atoms with Crippen LogP contribution in [0.1, 0.15) is 24.8 Å². The van der Waals surface area contributed by atoms with Crippen LogP contribution < -0.4 is 10.6 Å². The van der Waals surface area contributed by atoms with Crippen molar-refractivity contribution < 1.29 is 13.6 Å². The molecule has 1 unspecified atom stereocenters. The van der Waals surface area contributed by atoms with Crippen LogP contribution in [0.5, 0.6) is 0 Å². The van der Waals surface area contributed by atoms with Crippen LogP contribution in [0.25, 0.3) is 0 Å². The van der Waals surface area contributed by atoms with Gasteiger partial charge >= 0.3 is 0 Å². The van der Waals surface area contributed by atoms with Crippen LogP contribution in [0.3, 0.4) is 0 Å². The first-order valence-electron chi connectivity index (χ1n) is 7.07. The molecule has 1 aliphatic heterocycles. The van der Waals surface area contributed by atoms with Gasteiger partial charge in [-0.05, 0) is 50.4 Å². The Labute approximate surface area is 129 Å². The van der Waals surface area contributed by atoms with Gasteiger partial charge in [0.1, 0.15) is 11.6 Å². The highest BCUT2D eigenvalue weighted by atomic mass is 35.5. The lowest BCUT2D eigenvalue weighted by atomic mass is 10.0. The lowest BCUT2D eigenvalue weighted by Crippen LogP contribution is -2.26. The molecule has 3 nitrogen and oxygen atoms in total. The largest absolute Gasteiger partial charge is 0.356 e. The van der Waals surface area contributed by atoms with Gasteiger partial charge < -0.3 is 10.6 Å². The Morgan fingerprint density at radius 2 is 2.05 bits per heavy atom. The molecule has 1 aromatic rings. The molecule has 0 spiro atoms. The van der Waals surface area contributed by atoms with E-state index in [0.29, 0.717) is 12.3 Å². The lowest BCUT2D eigenvalue weighted by Gasteiger charge is -2.09. The highest BCUT2D eigenvalue weighted by Crippen LogP contribution is 2.14. The second kappa shape index (κ2) is 8.95. The van der Waals surface area contributed by atoms with Crippen molar-refractivity contribution in [2.75, 3.05) is 19.6 Å². The quantitative estimate of drug-likeness (QED) is 0.846. The third kappa shape index (κ3) is 5.59. The number of hydrogen-bond donors (Lipinski definition) is 2. The van der Waals surface area contributed by atoms with Crippen LogP contribution in [0.15, 0.2) is 18.2 Å². The van der Waals surface area contributed by atoms with Gasteiger partial charge in [-0.25, -0.2) is 8.78 Å². The minimum atomic E-state index is -0.559. The third-order valence-electron chi connectivity index (χ3n) is 3.70. The van der Waals surface area contributed by atoms with Crippen LogP contribution in [0.2, 0.25) is 0 Å². The second-order valence-electron chi connectivity index (χ2n) is 5.20. The smallest absolute Gasteiger partial charge is 0.220 e. The Bertz CT molecular complexity index is 445. The summed E-state index contributed by atoms with van der Waals surface area (Å²) in [4.78, 5) is 11.6. The molecule has 21 heavy (non-hydrogen) atoms. The molecule has 0 aromatic heterocycles. The molecular weight excluding hydrogens is 298 g/mol. The number of benzene rings is 1. The van der Waals surface area contributed by atoms with Gasteiger partial charge in [-0.2, -0.15) is 0 Å². The van der Waals surface area contributed by atoms with Crippen molar-refractivity contribution in [3.05, 3.63) is 35.4 Å². The molecule has 1 saturated heterocycles. The van der Waals surface area contributed by atoms with Crippen molar-refractivity contribution in [1.82, 2.24) is 10.6 Å². The Morgan fingerprint density at radius 1 is 1.33 bits per heavy atom. The topological polar surface area (TPSA) is 41.1 Å². The van der Waals surface area contributed by atoms with Crippen molar-refractivity contribution in [1.29, 1.82) is 0 Å². The molecule has 1 aliphatic rings. The van der Waals surface area contributed by atoms with E-state index in [1.54, 1.807) is 0 Å². The SMILES string of the molecule is Cl.O=C(CCC1CCNC1)NCCc1c(F)cccc1F. The van der Waals surface area contributed by atoms with Crippen LogP contribution in [-0.4, -0.2) is 25.5 Å². The average molecular weight is 319 g/mol. The summed E-state index contributed by atoms with van der Waals surface area (Å²) in [5, 5.41) is 5.98. The molecule has 1 heterocycles. The van der Waals surface area contributed by atoms with E-state index in [4.69, 9.17) is 0 Å². The molecule has 1 fully saturated rings. The Hall–Kier alpha value is -1.20. The zero-order valence-electron chi connectivity index (χ0n) is 11.8. The Morgan fingerprint density at radius 3 is 2.67 bits per heavy atom. The van der Waals surface area contributed by atoms with E-state index >= 15 is 0 Å². The predicted molar refractivity (Wildman–Crippen MR) is 80.5 cm³/mol. The summed E-state index contributed by atoms with van der Waals surface area (Å²) in [6.07, 6.45) is 2.64. The summed E-state index contributed by atoms with van der Waals surface area (Å²) in [5.41, 5.74) is 0.0350. The minimum Gasteiger partial charge on any atom is -0.356 e. The summed E-state index contributed by atoms with van der Waals surface area (Å²) in [6.45, 7) is 2.27.